The molecule has 0 aliphatic rings. The zero-order valence-electron chi connectivity index (χ0n) is 8.79. The molecule has 0 saturated carbocycles. The highest BCUT2D eigenvalue weighted by Crippen LogP contribution is 2.26. The Labute approximate surface area is 93.6 Å². The molecular formula is C11H14ClN3. The average Bonchev–Trinajstić information content (AvgIpc) is 2.59. The maximum atomic E-state index is 6.08. The number of H-pyrrole nitrogens is 1. The largest absolute Gasteiger partial charge is 0.322 e. The molecule has 3 N–H and O–H groups in total. The predicted molar refractivity (Wildman–Crippen MR) is 62.9 cm³/mol. The van der Waals surface area contributed by atoms with Gasteiger partial charge in [0, 0.05) is 16.5 Å². The lowest BCUT2D eigenvalue weighted by Gasteiger charge is -2.13. The summed E-state index contributed by atoms with van der Waals surface area (Å²) >= 11 is 5.95. The molecule has 0 aliphatic heterocycles. The van der Waals surface area contributed by atoms with E-state index in [1.54, 1.807) is 0 Å². The molecule has 1 heterocycles. The highest BCUT2D eigenvalue weighted by molar-refractivity contribution is 6.31. The van der Waals surface area contributed by atoms with Gasteiger partial charge in [-0.15, -0.1) is 0 Å². The lowest BCUT2D eigenvalue weighted by molar-refractivity contribution is 0.505. The van der Waals surface area contributed by atoms with Gasteiger partial charge in [-0.25, -0.2) is 0 Å². The van der Waals surface area contributed by atoms with Crippen molar-refractivity contribution in [2.45, 2.75) is 19.9 Å². The van der Waals surface area contributed by atoms with E-state index in [1.807, 2.05) is 18.2 Å². The van der Waals surface area contributed by atoms with Crippen LogP contribution >= 0.6 is 11.6 Å². The summed E-state index contributed by atoms with van der Waals surface area (Å²) in [5.74, 6) is 0.368. The summed E-state index contributed by atoms with van der Waals surface area (Å²) in [6.07, 6.45) is 0. The summed E-state index contributed by atoms with van der Waals surface area (Å²) in [5, 5.41) is 8.91. The third-order valence-corrected chi connectivity index (χ3v) is 2.83. The van der Waals surface area contributed by atoms with Gasteiger partial charge in [0.1, 0.15) is 0 Å². The minimum absolute atomic E-state index is 0.0338. The van der Waals surface area contributed by atoms with E-state index < -0.39 is 0 Å². The molecule has 1 aromatic heterocycles. The van der Waals surface area contributed by atoms with Crippen LogP contribution in [0.1, 0.15) is 25.6 Å². The standard InChI is InChI=1S/C11H14ClN3/c1-6(2)10(13)11-8-5-7(12)3-4-9(8)14-15-11/h3-6,10H,13H2,1-2H3,(H,14,15). The monoisotopic (exact) mass is 223 g/mol. The lowest BCUT2D eigenvalue weighted by Crippen LogP contribution is -2.17. The van der Waals surface area contributed by atoms with Crippen LogP contribution in [-0.2, 0) is 0 Å². The molecule has 80 valence electrons. The van der Waals surface area contributed by atoms with Crippen LogP contribution in [0, 0.1) is 5.92 Å². The molecule has 0 amide bonds. The van der Waals surface area contributed by atoms with Crippen LogP contribution in [0.3, 0.4) is 0 Å². The van der Waals surface area contributed by atoms with Crippen LogP contribution in [0.15, 0.2) is 18.2 Å². The van der Waals surface area contributed by atoms with Gasteiger partial charge in [0.15, 0.2) is 0 Å². The Morgan fingerprint density at radius 3 is 2.80 bits per heavy atom. The number of nitrogens with two attached hydrogens (primary N) is 1. The van der Waals surface area contributed by atoms with Gasteiger partial charge >= 0.3 is 0 Å². The van der Waals surface area contributed by atoms with Crippen molar-refractivity contribution < 1.29 is 0 Å². The molecule has 1 atom stereocenters. The number of hydrogen-bond acceptors (Lipinski definition) is 2. The first-order valence-corrected chi connectivity index (χ1v) is 5.36. The lowest BCUT2D eigenvalue weighted by atomic mass is 9.99. The van der Waals surface area contributed by atoms with E-state index in [-0.39, 0.29) is 6.04 Å². The molecule has 15 heavy (non-hydrogen) atoms. The molecule has 2 rings (SSSR count). The van der Waals surface area contributed by atoms with Crippen LogP contribution < -0.4 is 5.73 Å². The maximum absolute atomic E-state index is 6.08. The van der Waals surface area contributed by atoms with E-state index in [4.69, 9.17) is 17.3 Å². The van der Waals surface area contributed by atoms with Gasteiger partial charge in [-0.2, -0.15) is 5.10 Å². The Morgan fingerprint density at radius 1 is 1.40 bits per heavy atom. The minimum atomic E-state index is -0.0338. The van der Waals surface area contributed by atoms with Crippen LogP contribution in [0.2, 0.25) is 5.02 Å². The zero-order chi connectivity index (χ0) is 11.0. The first-order valence-electron chi connectivity index (χ1n) is 4.98. The van der Waals surface area contributed by atoms with E-state index in [1.165, 1.54) is 0 Å². The second-order valence-electron chi connectivity index (χ2n) is 4.07. The Morgan fingerprint density at radius 2 is 2.13 bits per heavy atom. The van der Waals surface area contributed by atoms with Crippen molar-refractivity contribution in [3.63, 3.8) is 0 Å². The van der Waals surface area contributed by atoms with Gasteiger partial charge in [0.2, 0.25) is 0 Å². The molecule has 0 fully saturated rings. The SMILES string of the molecule is CC(C)C(N)c1[nH]nc2ccc(Cl)cc12. The third-order valence-electron chi connectivity index (χ3n) is 2.60. The fourth-order valence-corrected chi connectivity index (χ4v) is 1.76. The van der Waals surface area contributed by atoms with Crippen molar-refractivity contribution in [3.05, 3.63) is 28.9 Å². The summed E-state index contributed by atoms with van der Waals surface area (Å²) in [4.78, 5) is 0. The molecule has 1 unspecified atom stereocenters. The Bertz CT molecular complexity index is 476. The normalized spacial score (nSPS) is 13.7. The third kappa shape index (κ3) is 1.85. The minimum Gasteiger partial charge on any atom is -0.322 e. The van der Waals surface area contributed by atoms with Crippen LogP contribution in [0.5, 0.6) is 0 Å². The van der Waals surface area contributed by atoms with E-state index >= 15 is 0 Å². The topological polar surface area (TPSA) is 54.7 Å². The van der Waals surface area contributed by atoms with Gasteiger partial charge in [0.05, 0.1) is 11.2 Å². The second-order valence-corrected chi connectivity index (χ2v) is 4.50. The van der Waals surface area contributed by atoms with Crippen LogP contribution in [0.25, 0.3) is 10.9 Å². The van der Waals surface area contributed by atoms with Gasteiger partial charge in [-0.1, -0.05) is 25.4 Å². The Kier molecular flexibility index (Phi) is 2.67. The maximum Gasteiger partial charge on any atom is 0.0925 e. The van der Waals surface area contributed by atoms with Crippen LogP contribution in [0.4, 0.5) is 0 Å². The summed E-state index contributed by atoms with van der Waals surface area (Å²) in [6, 6.07) is 5.59. The quantitative estimate of drug-likeness (QED) is 0.823. The summed E-state index contributed by atoms with van der Waals surface area (Å²) < 4.78 is 0. The molecule has 0 aliphatic carbocycles. The second kappa shape index (κ2) is 3.83. The van der Waals surface area contributed by atoms with Crippen LogP contribution in [-0.4, -0.2) is 10.2 Å². The number of nitrogens with one attached hydrogen (secondary N) is 1. The van der Waals surface area contributed by atoms with Crippen molar-refractivity contribution >= 4 is 22.5 Å². The van der Waals surface area contributed by atoms with Crippen molar-refractivity contribution in [1.29, 1.82) is 0 Å². The molecule has 3 nitrogen and oxygen atoms in total. The van der Waals surface area contributed by atoms with Crippen molar-refractivity contribution in [3.8, 4) is 0 Å². The number of aromatic amines is 1. The summed E-state index contributed by atoms with van der Waals surface area (Å²) in [7, 11) is 0. The Balaban J connectivity index is 2.56. The molecular weight excluding hydrogens is 210 g/mol. The molecule has 0 spiro atoms. The number of hydrogen-bond donors (Lipinski definition) is 2. The van der Waals surface area contributed by atoms with Crippen molar-refractivity contribution in [1.82, 2.24) is 10.2 Å². The van der Waals surface area contributed by atoms with Crippen molar-refractivity contribution in [2.24, 2.45) is 11.7 Å². The highest BCUT2D eigenvalue weighted by atomic mass is 35.5. The molecule has 1 aromatic carbocycles. The first kappa shape index (κ1) is 10.5. The predicted octanol–water partition coefficient (Wildman–Crippen LogP) is 2.87. The van der Waals surface area contributed by atoms with Gasteiger partial charge in [-0.3, -0.25) is 5.10 Å². The van der Waals surface area contributed by atoms with Gasteiger partial charge < -0.3 is 5.73 Å². The number of halogens is 1. The highest BCUT2D eigenvalue weighted by Gasteiger charge is 2.16. The smallest absolute Gasteiger partial charge is 0.0925 e. The van der Waals surface area contributed by atoms with Gasteiger partial charge in [0.25, 0.3) is 0 Å². The molecule has 2 aromatic rings. The molecule has 0 radical (unpaired) electrons. The fraction of sp³-hybridized carbons (Fsp3) is 0.364. The van der Waals surface area contributed by atoms with E-state index in [9.17, 15) is 0 Å². The summed E-state index contributed by atoms with van der Waals surface area (Å²) in [6.45, 7) is 4.17. The number of nitrogens with zero attached hydrogens (tertiary/aromatic N) is 1. The number of aromatic nitrogens is 2. The van der Waals surface area contributed by atoms with Gasteiger partial charge in [-0.05, 0) is 24.1 Å². The number of benzene rings is 1. The Hall–Kier alpha value is -1.06. The molecule has 4 heteroatoms. The van der Waals surface area contributed by atoms with E-state index in [0.717, 1.165) is 16.6 Å². The molecule has 0 saturated heterocycles. The molecule has 0 bridgehead atoms. The first-order chi connectivity index (χ1) is 7.09. The average molecular weight is 224 g/mol. The number of fused-ring (bicyclic) bond motifs is 1. The van der Waals surface area contributed by atoms with Crippen molar-refractivity contribution in [2.75, 3.05) is 0 Å². The zero-order valence-corrected chi connectivity index (χ0v) is 9.55. The number of rotatable bonds is 2. The van der Waals surface area contributed by atoms with E-state index in [2.05, 4.69) is 24.0 Å². The fourth-order valence-electron chi connectivity index (χ4n) is 1.59. The summed E-state index contributed by atoms with van der Waals surface area (Å²) in [5.41, 5.74) is 7.95. The van der Waals surface area contributed by atoms with E-state index in [0.29, 0.717) is 10.9 Å².